The van der Waals surface area contributed by atoms with Crippen LogP contribution in [-0.2, 0) is 4.74 Å². The zero-order valence-corrected chi connectivity index (χ0v) is 16.5. The Morgan fingerprint density at radius 2 is 2.04 bits per heavy atom. The van der Waals surface area contributed by atoms with Crippen LogP contribution in [0.5, 0.6) is 0 Å². The lowest BCUT2D eigenvalue weighted by molar-refractivity contribution is 0.0270. The third kappa shape index (κ3) is 5.03. The van der Waals surface area contributed by atoms with E-state index in [0.717, 1.165) is 17.7 Å². The van der Waals surface area contributed by atoms with Crippen molar-refractivity contribution in [2.24, 2.45) is 0 Å². The van der Waals surface area contributed by atoms with Crippen LogP contribution in [0.1, 0.15) is 64.0 Å². The van der Waals surface area contributed by atoms with Gasteiger partial charge in [0.05, 0.1) is 11.3 Å². The van der Waals surface area contributed by atoms with Crippen molar-refractivity contribution in [2.45, 2.75) is 64.5 Å². The van der Waals surface area contributed by atoms with Crippen molar-refractivity contribution >= 4 is 17.4 Å². The highest BCUT2D eigenvalue weighted by molar-refractivity contribution is 5.75. The highest BCUT2D eigenvalue weighted by Gasteiger charge is 2.24. The van der Waals surface area contributed by atoms with E-state index in [4.69, 9.17) is 4.74 Å². The standard InChI is InChI=1S/C22H29N3O2/c1-22(2,3)27-21(26)25-12-10-16(11-13-25)17-8-9-18(15-23)20(14-17)24-19-6-4-5-7-19/h8-10,14,19,24H,4-7,11-13H2,1-3H3. The number of hydrogen-bond donors (Lipinski definition) is 1. The molecule has 3 rings (SSSR count). The number of nitriles is 1. The molecule has 2 aliphatic rings. The number of anilines is 1. The van der Waals surface area contributed by atoms with Gasteiger partial charge in [0.1, 0.15) is 11.7 Å². The maximum atomic E-state index is 12.2. The first-order valence-corrected chi connectivity index (χ1v) is 9.84. The number of nitrogens with zero attached hydrogens (tertiary/aromatic N) is 2. The first-order valence-electron chi connectivity index (χ1n) is 9.84. The van der Waals surface area contributed by atoms with Gasteiger partial charge in [-0.25, -0.2) is 4.79 Å². The third-order valence-corrected chi connectivity index (χ3v) is 5.09. The summed E-state index contributed by atoms with van der Waals surface area (Å²) in [4.78, 5) is 13.9. The molecule has 1 aromatic rings. The summed E-state index contributed by atoms with van der Waals surface area (Å²) in [6.07, 6.45) is 7.46. The minimum absolute atomic E-state index is 0.263. The lowest BCUT2D eigenvalue weighted by atomic mass is 9.97. The Morgan fingerprint density at radius 1 is 1.30 bits per heavy atom. The third-order valence-electron chi connectivity index (χ3n) is 5.09. The number of benzene rings is 1. The van der Waals surface area contributed by atoms with Gasteiger partial charge in [0.2, 0.25) is 0 Å². The molecule has 0 saturated heterocycles. The van der Waals surface area contributed by atoms with Gasteiger partial charge in [-0.3, -0.25) is 0 Å². The van der Waals surface area contributed by atoms with Crippen molar-refractivity contribution in [2.75, 3.05) is 18.4 Å². The van der Waals surface area contributed by atoms with Gasteiger partial charge in [0, 0.05) is 19.1 Å². The van der Waals surface area contributed by atoms with E-state index in [1.54, 1.807) is 4.90 Å². The van der Waals surface area contributed by atoms with Crippen LogP contribution in [0.4, 0.5) is 10.5 Å². The summed E-state index contributed by atoms with van der Waals surface area (Å²) in [7, 11) is 0. The van der Waals surface area contributed by atoms with E-state index in [9.17, 15) is 10.1 Å². The predicted octanol–water partition coefficient (Wildman–Crippen LogP) is 4.94. The Bertz CT molecular complexity index is 765. The van der Waals surface area contributed by atoms with Gasteiger partial charge in [-0.15, -0.1) is 0 Å². The Morgan fingerprint density at radius 3 is 2.63 bits per heavy atom. The van der Waals surface area contributed by atoms with E-state index < -0.39 is 5.60 Å². The second-order valence-corrected chi connectivity index (χ2v) is 8.40. The second-order valence-electron chi connectivity index (χ2n) is 8.40. The van der Waals surface area contributed by atoms with Crippen molar-refractivity contribution in [1.29, 1.82) is 5.26 Å². The van der Waals surface area contributed by atoms with Crippen LogP contribution >= 0.6 is 0 Å². The molecule has 0 atom stereocenters. The van der Waals surface area contributed by atoms with Crippen LogP contribution in [0.3, 0.4) is 0 Å². The molecule has 1 aromatic carbocycles. The fraction of sp³-hybridized carbons (Fsp3) is 0.545. The smallest absolute Gasteiger partial charge is 0.410 e. The molecule has 5 heteroatoms. The number of ether oxygens (including phenoxy) is 1. The van der Waals surface area contributed by atoms with Gasteiger partial charge in [0.15, 0.2) is 0 Å². The van der Waals surface area contributed by atoms with E-state index in [1.807, 2.05) is 32.9 Å². The molecule has 0 radical (unpaired) electrons. The molecule has 1 saturated carbocycles. The number of hydrogen-bond acceptors (Lipinski definition) is 4. The first-order chi connectivity index (χ1) is 12.9. The van der Waals surface area contributed by atoms with E-state index in [2.05, 4.69) is 23.5 Å². The number of carbonyl (C=O) groups is 1. The Hall–Kier alpha value is -2.48. The van der Waals surface area contributed by atoms with Gasteiger partial charge in [-0.1, -0.05) is 25.0 Å². The molecule has 1 aliphatic carbocycles. The van der Waals surface area contributed by atoms with Crippen LogP contribution < -0.4 is 5.32 Å². The van der Waals surface area contributed by atoms with Crippen LogP contribution in [0.2, 0.25) is 0 Å². The normalized spacial score (nSPS) is 18.0. The van der Waals surface area contributed by atoms with Crippen molar-refractivity contribution in [3.8, 4) is 6.07 Å². The Labute approximate surface area is 162 Å². The molecule has 0 unspecified atom stereocenters. The largest absolute Gasteiger partial charge is 0.444 e. The summed E-state index contributed by atoms with van der Waals surface area (Å²) >= 11 is 0. The Kier molecular flexibility index (Phi) is 5.74. The maximum absolute atomic E-state index is 12.2. The lowest BCUT2D eigenvalue weighted by Crippen LogP contribution is -2.39. The summed E-state index contributed by atoms with van der Waals surface area (Å²) in [6.45, 7) is 6.84. The van der Waals surface area contributed by atoms with Gasteiger partial charge < -0.3 is 15.0 Å². The van der Waals surface area contributed by atoms with Crippen molar-refractivity contribution in [1.82, 2.24) is 4.90 Å². The number of nitrogens with one attached hydrogen (secondary N) is 1. The molecule has 0 aromatic heterocycles. The number of rotatable bonds is 3. The van der Waals surface area contributed by atoms with Crippen LogP contribution in [-0.4, -0.2) is 35.7 Å². The molecule has 1 N–H and O–H groups in total. The highest BCUT2D eigenvalue weighted by Crippen LogP contribution is 2.29. The molecule has 27 heavy (non-hydrogen) atoms. The van der Waals surface area contributed by atoms with Crippen LogP contribution in [0.25, 0.3) is 5.57 Å². The minimum Gasteiger partial charge on any atom is -0.444 e. The monoisotopic (exact) mass is 367 g/mol. The SMILES string of the molecule is CC(C)(C)OC(=O)N1CC=C(c2ccc(C#N)c(NC3CCCC3)c2)CC1. The summed E-state index contributed by atoms with van der Waals surface area (Å²) in [5, 5.41) is 13.0. The van der Waals surface area contributed by atoms with Gasteiger partial charge in [0.25, 0.3) is 0 Å². The van der Waals surface area contributed by atoms with Gasteiger partial charge >= 0.3 is 6.09 Å². The molecule has 1 fully saturated rings. The average Bonchev–Trinajstić information content (AvgIpc) is 3.13. The second kappa shape index (κ2) is 8.04. The summed E-state index contributed by atoms with van der Waals surface area (Å²) in [5.74, 6) is 0. The highest BCUT2D eigenvalue weighted by atomic mass is 16.6. The molecule has 144 valence electrons. The topological polar surface area (TPSA) is 65.4 Å². The van der Waals surface area contributed by atoms with E-state index in [-0.39, 0.29) is 6.09 Å². The van der Waals surface area contributed by atoms with Crippen molar-refractivity contribution in [3.63, 3.8) is 0 Å². The number of amides is 1. The molecule has 1 aliphatic heterocycles. The molecule has 5 nitrogen and oxygen atoms in total. The fourth-order valence-corrected chi connectivity index (χ4v) is 3.67. The average molecular weight is 367 g/mol. The fourth-order valence-electron chi connectivity index (χ4n) is 3.67. The lowest BCUT2D eigenvalue weighted by Gasteiger charge is -2.29. The van der Waals surface area contributed by atoms with E-state index >= 15 is 0 Å². The van der Waals surface area contributed by atoms with Crippen molar-refractivity contribution < 1.29 is 9.53 Å². The summed E-state index contributed by atoms with van der Waals surface area (Å²) < 4.78 is 5.45. The maximum Gasteiger partial charge on any atom is 0.410 e. The van der Waals surface area contributed by atoms with E-state index in [0.29, 0.717) is 24.7 Å². The van der Waals surface area contributed by atoms with Gasteiger partial charge in [-0.2, -0.15) is 5.26 Å². The zero-order valence-electron chi connectivity index (χ0n) is 16.5. The molecular weight excluding hydrogens is 338 g/mol. The first kappa shape index (κ1) is 19.3. The predicted molar refractivity (Wildman–Crippen MR) is 107 cm³/mol. The number of carbonyl (C=O) groups excluding carboxylic acids is 1. The quantitative estimate of drug-likeness (QED) is 0.822. The summed E-state index contributed by atoms with van der Waals surface area (Å²) in [5.41, 5.74) is 3.48. The van der Waals surface area contributed by atoms with Crippen molar-refractivity contribution in [3.05, 3.63) is 35.4 Å². The molecule has 0 bridgehead atoms. The Balaban J connectivity index is 1.71. The molecule has 0 spiro atoms. The zero-order chi connectivity index (χ0) is 19.4. The van der Waals surface area contributed by atoms with E-state index in [1.165, 1.54) is 31.3 Å². The molecule has 1 amide bonds. The van der Waals surface area contributed by atoms with Crippen LogP contribution in [0.15, 0.2) is 24.3 Å². The minimum atomic E-state index is -0.477. The summed E-state index contributed by atoms with van der Waals surface area (Å²) in [6, 6.07) is 8.75. The van der Waals surface area contributed by atoms with Crippen LogP contribution in [0, 0.1) is 11.3 Å². The molecular formula is C22H29N3O2. The van der Waals surface area contributed by atoms with Gasteiger partial charge in [-0.05, 0) is 63.3 Å². The molecule has 1 heterocycles.